The van der Waals surface area contributed by atoms with Crippen LogP contribution in [0.3, 0.4) is 0 Å². The van der Waals surface area contributed by atoms with E-state index in [0.717, 1.165) is 26.6 Å². The van der Waals surface area contributed by atoms with Gasteiger partial charge in [0.1, 0.15) is 6.73 Å². The maximum Gasteiger partial charge on any atom is 0.357 e. The lowest BCUT2D eigenvalue weighted by molar-refractivity contribution is 0.0593. The van der Waals surface area contributed by atoms with Gasteiger partial charge in [-0.1, -0.05) is 55.0 Å². The highest BCUT2D eigenvalue weighted by Crippen LogP contribution is 2.34. The molecule has 5 aromatic rings. The zero-order valence-electron chi connectivity index (χ0n) is 33.8. The van der Waals surface area contributed by atoms with E-state index in [1.54, 1.807) is 23.5 Å². The van der Waals surface area contributed by atoms with Crippen LogP contribution in [0.1, 0.15) is 45.8 Å². The highest BCUT2D eigenvalue weighted by Gasteiger charge is 2.24. The lowest BCUT2D eigenvalue weighted by Gasteiger charge is -2.20. The normalized spacial score (nSPS) is 11.9. The summed E-state index contributed by atoms with van der Waals surface area (Å²) in [5, 5.41) is 19.3. The minimum absolute atomic E-state index is 0.0388. The number of fused-ring (bicyclic) bond motifs is 1. The van der Waals surface area contributed by atoms with E-state index in [0.29, 0.717) is 79.3 Å². The van der Waals surface area contributed by atoms with Crippen molar-refractivity contribution < 1.29 is 28.5 Å². The fourth-order valence-electron chi connectivity index (χ4n) is 5.54. The Morgan fingerprint density at radius 1 is 1.05 bits per heavy atom. The number of esters is 1. The summed E-state index contributed by atoms with van der Waals surface area (Å²) in [6, 6.07) is 15.8. The largest absolute Gasteiger partial charge is 0.491 e. The van der Waals surface area contributed by atoms with Crippen LogP contribution in [0.25, 0.3) is 10.2 Å². The Labute approximate surface area is 343 Å². The molecule has 0 fully saturated rings. The van der Waals surface area contributed by atoms with E-state index in [-0.39, 0.29) is 24.7 Å². The molecule has 57 heavy (non-hydrogen) atoms. The highest BCUT2D eigenvalue weighted by molar-refractivity contribution is 7.16. The monoisotopic (exact) mass is 833 g/mol. The molecule has 0 saturated carbocycles. The van der Waals surface area contributed by atoms with Crippen LogP contribution in [0.4, 0.5) is 21.2 Å². The summed E-state index contributed by atoms with van der Waals surface area (Å²) >= 11 is 2.92. The van der Waals surface area contributed by atoms with Crippen molar-refractivity contribution in [1.82, 2.24) is 24.6 Å². The van der Waals surface area contributed by atoms with Crippen molar-refractivity contribution in [3.63, 3.8) is 0 Å². The number of nitrogens with zero attached hydrogens (tertiary/aromatic N) is 7. The van der Waals surface area contributed by atoms with E-state index < -0.39 is 19.9 Å². The van der Waals surface area contributed by atoms with Crippen molar-refractivity contribution in [3.05, 3.63) is 80.8 Å². The summed E-state index contributed by atoms with van der Waals surface area (Å²) < 4.78 is 35.0. The number of ether oxygens (including phenoxy) is 3. The molecule has 12 nitrogen and oxygen atoms in total. The van der Waals surface area contributed by atoms with Crippen molar-refractivity contribution >= 4 is 63.7 Å². The van der Waals surface area contributed by atoms with E-state index in [9.17, 15) is 14.3 Å². The average Bonchev–Trinajstić information content (AvgIpc) is 3.75. The Kier molecular flexibility index (Phi) is 15.9. The fourth-order valence-corrected chi connectivity index (χ4v) is 8.44. The summed E-state index contributed by atoms with van der Waals surface area (Å²) in [6.07, 6.45) is 2.16. The van der Waals surface area contributed by atoms with Crippen LogP contribution >= 0.6 is 22.7 Å². The van der Waals surface area contributed by atoms with Crippen LogP contribution < -0.4 is 14.4 Å². The number of aliphatic hydroxyl groups excluding tert-OH is 1. The number of unbranched alkanes of at least 4 members (excludes halogenated alkanes) is 1. The van der Waals surface area contributed by atoms with Gasteiger partial charge in [0, 0.05) is 38.3 Å². The summed E-state index contributed by atoms with van der Waals surface area (Å²) in [7, 11) is 3.92. The standard InChI is InChI=1S/C41H52FN7O5S2Si/c1-29-26-36(45-46-38(29)44-41-49(28-53-24-25-57(5,6)7)32-15-8-9-16-34(32)55-41)48(21-10-11-22-50)40-43-37(39(51)52-4)35(56-40)17-13-23-54-33-19-18-30(27-31(33)42)14-12-20-47(2)3/h8-9,15-16,18-19,26-27,50H,10-11,13,17,20-25,28H2,1-7H3/b44-41-. The van der Waals surface area contributed by atoms with Crippen LogP contribution in [0.5, 0.6) is 5.75 Å². The molecule has 0 unspecified atom stereocenters. The minimum Gasteiger partial charge on any atom is -0.491 e. The van der Waals surface area contributed by atoms with Gasteiger partial charge in [-0.25, -0.2) is 14.2 Å². The number of aliphatic hydroxyl groups is 1. The molecule has 0 aliphatic carbocycles. The van der Waals surface area contributed by atoms with Gasteiger partial charge in [-0.2, -0.15) is 4.99 Å². The van der Waals surface area contributed by atoms with Crippen LogP contribution in [0.15, 0.2) is 53.5 Å². The van der Waals surface area contributed by atoms with Gasteiger partial charge in [-0.3, -0.25) is 9.47 Å². The Morgan fingerprint density at radius 3 is 2.58 bits per heavy atom. The molecule has 0 spiro atoms. The van der Waals surface area contributed by atoms with Gasteiger partial charge in [0.2, 0.25) is 0 Å². The zero-order chi connectivity index (χ0) is 41.0. The summed E-state index contributed by atoms with van der Waals surface area (Å²) in [5.41, 5.74) is 2.63. The molecule has 0 amide bonds. The number of hydrogen-bond donors (Lipinski definition) is 1. The van der Waals surface area contributed by atoms with Crippen LogP contribution in [-0.2, 0) is 22.6 Å². The Balaban J connectivity index is 1.36. The quantitative estimate of drug-likeness (QED) is 0.0386. The van der Waals surface area contributed by atoms with E-state index in [2.05, 4.69) is 58.4 Å². The number of para-hydroxylation sites is 1. The molecule has 304 valence electrons. The fraction of sp³-hybridized carbons (Fsp3) is 0.439. The van der Waals surface area contributed by atoms with Crippen LogP contribution in [-0.4, -0.2) is 97.9 Å². The first-order valence-electron chi connectivity index (χ1n) is 18.9. The van der Waals surface area contributed by atoms with E-state index in [1.807, 2.05) is 49.0 Å². The first kappa shape index (κ1) is 43.6. The molecule has 0 bridgehead atoms. The summed E-state index contributed by atoms with van der Waals surface area (Å²) in [5.74, 6) is 6.07. The number of benzene rings is 2. The Bertz CT molecular complexity index is 2260. The van der Waals surface area contributed by atoms with E-state index in [1.165, 1.54) is 24.5 Å². The molecule has 16 heteroatoms. The lowest BCUT2D eigenvalue weighted by Crippen LogP contribution is -2.23. The van der Waals surface area contributed by atoms with E-state index >= 15 is 0 Å². The highest BCUT2D eigenvalue weighted by atomic mass is 32.1. The zero-order valence-corrected chi connectivity index (χ0v) is 36.4. The number of carbonyl (C=O) groups excluding carboxylic acids is 1. The summed E-state index contributed by atoms with van der Waals surface area (Å²) in [4.78, 5) is 27.9. The van der Waals surface area contributed by atoms with E-state index in [4.69, 9.17) is 24.2 Å². The minimum atomic E-state index is -1.24. The number of methoxy groups -OCH3 is 1. The van der Waals surface area contributed by atoms with Gasteiger partial charge < -0.3 is 24.2 Å². The number of anilines is 2. The maximum atomic E-state index is 14.8. The smallest absolute Gasteiger partial charge is 0.357 e. The van der Waals surface area contributed by atoms with Gasteiger partial charge >= 0.3 is 5.97 Å². The molecule has 5 rings (SSSR count). The number of rotatable bonds is 19. The topological polar surface area (TPSA) is 127 Å². The molecule has 3 aromatic heterocycles. The molecule has 0 saturated heterocycles. The van der Waals surface area contributed by atoms with Crippen molar-refractivity contribution in [2.45, 2.75) is 65.0 Å². The van der Waals surface area contributed by atoms with Gasteiger partial charge in [0.05, 0.1) is 30.5 Å². The molecule has 0 atom stereocenters. The Morgan fingerprint density at radius 2 is 1.86 bits per heavy atom. The molecule has 1 N–H and O–H groups in total. The van der Waals surface area contributed by atoms with Crippen molar-refractivity contribution in [2.75, 3.05) is 59.0 Å². The number of carbonyl (C=O) groups is 1. The third-order valence-corrected chi connectivity index (χ3v) is 12.6. The molecule has 3 heterocycles. The number of thiazole rings is 2. The van der Waals surface area contributed by atoms with Gasteiger partial charge in [-0.15, -0.1) is 21.5 Å². The van der Waals surface area contributed by atoms with Crippen LogP contribution in [0.2, 0.25) is 25.7 Å². The maximum absolute atomic E-state index is 14.8. The van der Waals surface area contributed by atoms with Gasteiger partial charge in [-0.05, 0) is 94.7 Å². The second kappa shape index (κ2) is 20.8. The number of halogens is 1. The van der Waals surface area contributed by atoms with Crippen molar-refractivity contribution in [3.8, 4) is 17.6 Å². The SMILES string of the molecule is COC(=O)c1nc(N(CCCCO)c2cc(C)c(/N=c3\sc4ccccc4n3COCC[Si](C)(C)C)nn2)sc1CCCOc1ccc(C#CCN(C)C)cc1F. The number of aromatic nitrogens is 4. The Hall–Kier alpha value is -4.50. The van der Waals surface area contributed by atoms with Crippen LogP contribution in [0, 0.1) is 24.6 Å². The lowest BCUT2D eigenvalue weighted by atomic mass is 10.2. The predicted octanol–water partition coefficient (Wildman–Crippen LogP) is 7.56. The molecular formula is C41H52FN7O5S2Si. The molecule has 2 aromatic carbocycles. The first-order chi connectivity index (χ1) is 27.4. The second-order valence-corrected chi connectivity index (χ2v) is 22.6. The molecule has 0 aliphatic heterocycles. The predicted molar refractivity (Wildman–Crippen MR) is 228 cm³/mol. The van der Waals surface area contributed by atoms with Gasteiger partial charge in [0.25, 0.3) is 0 Å². The van der Waals surface area contributed by atoms with Crippen molar-refractivity contribution in [1.29, 1.82) is 0 Å². The van der Waals surface area contributed by atoms with Gasteiger partial charge in [0.15, 0.2) is 38.8 Å². The summed E-state index contributed by atoms with van der Waals surface area (Å²) in [6.45, 7) is 11.3. The number of aryl methyl sites for hydroxylation is 2. The van der Waals surface area contributed by atoms with Crippen molar-refractivity contribution in [2.24, 2.45) is 4.99 Å². The molecule has 0 aliphatic rings. The molecule has 0 radical (unpaired) electrons. The average molecular weight is 834 g/mol. The third kappa shape index (κ3) is 12.5. The number of hydrogen-bond acceptors (Lipinski definition) is 13. The first-order valence-corrected chi connectivity index (χ1v) is 24.3. The third-order valence-electron chi connectivity index (χ3n) is 8.68. The molecular weight excluding hydrogens is 782 g/mol. The second-order valence-electron chi connectivity index (χ2n) is 14.9.